The Labute approximate surface area is 217 Å². The van der Waals surface area contributed by atoms with E-state index >= 15 is 0 Å². The lowest BCUT2D eigenvalue weighted by atomic mass is 9.83. The maximum absolute atomic E-state index is 13.8. The van der Waals surface area contributed by atoms with Gasteiger partial charge in [0.25, 0.3) is 11.2 Å². The lowest BCUT2D eigenvalue weighted by Crippen LogP contribution is -2.38. The number of phenolic OH excluding ortho intramolecular Hbond substituents is 1. The quantitative estimate of drug-likeness (QED) is 0.290. The Bertz CT molecular complexity index is 1770. The maximum atomic E-state index is 13.8. The lowest BCUT2D eigenvalue weighted by Gasteiger charge is -2.30. The van der Waals surface area contributed by atoms with E-state index in [2.05, 4.69) is 28.1 Å². The predicted octanol–water partition coefficient (Wildman–Crippen LogP) is 4.70. The average Bonchev–Trinajstić information content (AvgIpc) is 3.19. The monoisotopic (exact) mass is 559 g/mol. The highest BCUT2D eigenvalue weighted by atomic mass is 79.9. The van der Waals surface area contributed by atoms with Crippen LogP contribution in [0.15, 0.2) is 86.6 Å². The Morgan fingerprint density at radius 2 is 1.89 bits per heavy atom. The van der Waals surface area contributed by atoms with Crippen molar-refractivity contribution in [2.45, 2.75) is 18.9 Å². The zero-order chi connectivity index (χ0) is 25.0. The SMILES string of the molecule is O=c1/c(=C\c2cc([N+](=O)[O-])ccc2O)sc2n1[C@H](c1ccc(Br)cc1)C1=C(N=2)c2ccccc2CC1. The fourth-order valence-corrected chi connectivity index (χ4v) is 6.14. The molecule has 1 aliphatic heterocycles. The van der Waals surface area contributed by atoms with Crippen LogP contribution in [0, 0.1) is 10.1 Å². The minimum absolute atomic E-state index is 0.135. The van der Waals surface area contributed by atoms with Crippen molar-refractivity contribution >= 4 is 44.7 Å². The molecule has 3 aromatic carbocycles. The molecular formula is C27H18BrN3O4S. The van der Waals surface area contributed by atoms with Gasteiger partial charge in [-0.25, -0.2) is 4.99 Å². The number of aromatic hydroxyl groups is 1. The molecule has 2 aliphatic rings. The molecule has 1 aliphatic carbocycles. The molecule has 1 N–H and O–H groups in total. The number of hydrogen-bond acceptors (Lipinski definition) is 6. The molecule has 36 heavy (non-hydrogen) atoms. The highest BCUT2D eigenvalue weighted by molar-refractivity contribution is 9.10. The molecule has 0 radical (unpaired) electrons. The minimum Gasteiger partial charge on any atom is -0.507 e. The summed E-state index contributed by atoms with van der Waals surface area (Å²) in [5, 5.41) is 21.5. The standard InChI is InChI=1S/C27H18BrN3O4S/c28-18-8-5-16(6-9-18)25-21-11-7-15-3-1-2-4-20(15)24(21)29-27-30(25)26(33)23(36-27)14-17-13-19(31(34)35)10-12-22(17)32/h1-6,8-10,12-14,25,32H,7,11H2/b23-14+/t25-/m1/s1. The second kappa shape index (κ2) is 8.69. The van der Waals surface area contributed by atoms with Crippen molar-refractivity contribution in [1.82, 2.24) is 4.57 Å². The topological polar surface area (TPSA) is 97.7 Å². The van der Waals surface area contributed by atoms with E-state index in [1.165, 1.54) is 41.2 Å². The van der Waals surface area contributed by atoms with E-state index in [1.54, 1.807) is 4.57 Å². The van der Waals surface area contributed by atoms with Crippen molar-refractivity contribution in [2.24, 2.45) is 4.99 Å². The minimum atomic E-state index is -0.530. The molecule has 0 saturated carbocycles. The van der Waals surface area contributed by atoms with Crippen LogP contribution < -0.4 is 14.9 Å². The smallest absolute Gasteiger partial charge is 0.271 e. The molecule has 9 heteroatoms. The molecule has 1 aromatic heterocycles. The van der Waals surface area contributed by atoms with Crippen LogP contribution >= 0.6 is 27.3 Å². The first kappa shape index (κ1) is 22.6. The molecule has 4 aromatic rings. The van der Waals surface area contributed by atoms with Gasteiger partial charge in [-0.3, -0.25) is 19.5 Å². The third-order valence-corrected chi connectivity index (χ3v) is 8.08. The zero-order valence-electron chi connectivity index (χ0n) is 18.7. The number of nitro benzene ring substituents is 1. The second-order valence-corrected chi connectivity index (χ2v) is 10.6. The van der Waals surface area contributed by atoms with Gasteiger partial charge in [-0.15, -0.1) is 0 Å². The summed E-state index contributed by atoms with van der Waals surface area (Å²) < 4.78 is 3.00. The van der Waals surface area contributed by atoms with Crippen molar-refractivity contribution in [3.63, 3.8) is 0 Å². The molecule has 6 rings (SSSR count). The Balaban J connectivity index is 1.61. The molecule has 0 saturated heterocycles. The molecule has 178 valence electrons. The third kappa shape index (κ3) is 3.71. The van der Waals surface area contributed by atoms with Gasteiger partial charge in [0.2, 0.25) is 0 Å². The van der Waals surface area contributed by atoms with E-state index in [9.17, 15) is 20.0 Å². The first-order valence-corrected chi connectivity index (χ1v) is 12.9. The van der Waals surface area contributed by atoms with Crippen LogP contribution in [0.3, 0.4) is 0 Å². The van der Waals surface area contributed by atoms with Crippen LogP contribution in [0.1, 0.15) is 34.7 Å². The lowest BCUT2D eigenvalue weighted by molar-refractivity contribution is -0.384. The fourth-order valence-electron chi connectivity index (χ4n) is 4.88. The number of thiazole rings is 1. The van der Waals surface area contributed by atoms with Crippen LogP contribution in [0.5, 0.6) is 5.75 Å². The van der Waals surface area contributed by atoms with E-state index in [0.29, 0.717) is 9.33 Å². The Morgan fingerprint density at radius 3 is 2.67 bits per heavy atom. The van der Waals surface area contributed by atoms with Crippen molar-refractivity contribution in [3.05, 3.63) is 129 Å². The molecule has 0 bridgehead atoms. The number of aromatic nitrogens is 1. The van der Waals surface area contributed by atoms with Gasteiger partial charge in [0, 0.05) is 27.7 Å². The first-order valence-electron chi connectivity index (χ1n) is 11.3. The number of benzene rings is 3. The molecule has 0 fully saturated rings. The highest BCUT2D eigenvalue weighted by Gasteiger charge is 2.32. The molecule has 7 nitrogen and oxygen atoms in total. The summed E-state index contributed by atoms with van der Waals surface area (Å²) in [5.74, 6) is -0.135. The van der Waals surface area contributed by atoms with Crippen molar-refractivity contribution in [1.29, 1.82) is 0 Å². The fraction of sp³-hybridized carbons (Fsp3) is 0.111. The van der Waals surface area contributed by atoms with Gasteiger partial charge in [0.15, 0.2) is 4.80 Å². The number of halogens is 1. The highest BCUT2D eigenvalue weighted by Crippen LogP contribution is 2.41. The number of hydrogen-bond donors (Lipinski definition) is 1. The number of fused-ring (bicyclic) bond motifs is 3. The molecule has 0 amide bonds. The summed E-state index contributed by atoms with van der Waals surface area (Å²) >= 11 is 4.71. The van der Waals surface area contributed by atoms with Crippen molar-refractivity contribution < 1.29 is 10.0 Å². The van der Waals surface area contributed by atoms with E-state index in [1.807, 2.05) is 36.4 Å². The van der Waals surface area contributed by atoms with E-state index in [-0.39, 0.29) is 28.6 Å². The average molecular weight is 560 g/mol. The van der Waals surface area contributed by atoms with E-state index < -0.39 is 4.92 Å². The number of phenols is 1. The van der Waals surface area contributed by atoms with Gasteiger partial charge in [-0.05, 0) is 53.8 Å². The van der Waals surface area contributed by atoms with Gasteiger partial charge >= 0.3 is 0 Å². The van der Waals surface area contributed by atoms with Crippen LogP contribution in [0.2, 0.25) is 0 Å². The van der Waals surface area contributed by atoms with Crippen LogP contribution in [0.25, 0.3) is 11.8 Å². The summed E-state index contributed by atoms with van der Waals surface area (Å²) in [4.78, 5) is 30.0. The molecular weight excluding hydrogens is 542 g/mol. The number of allylic oxidation sites excluding steroid dienone is 1. The molecule has 0 unspecified atom stereocenters. The Morgan fingerprint density at radius 1 is 1.11 bits per heavy atom. The van der Waals surface area contributed by atoms with Gasteiger partial charge in [-0.2, -0.15) is 0 Å². The van der Waals surface area contributed by atoms with Gasteiger partial charge in [0.1, 0.15) is 5.75 Å². The summed E-state index contributed by atoms with van der Waals surface area (Å²) in [6, 6.07) is 19.6. The number of nitro groups is 1. The largest absolute Gasteiger partial charge is 0.507 e. The van der Waals surface area contributed by atoms with Crippen LogP contribution in [-0.4, -0.2) is 14.6 Å². The first-order chi connectivity index (χ1) is 17.4. The summed E-state index contributed by atoms with van der Waals surface area (Å²) in [5.41, 5.74) is 5.08. The maximum Gasteiger partial charge on any atom is 0.271 e. The normalized spacial score (nSPS) is 16.7. The number of rotatable bonds is 3. The van der Waals surface area contributed by atoms with Gasteiger partial charge in [0.05, 0.1) is 21.2 Å². The van der Waals surface area contributed by atoms with Crippen LogP contribution in [-0.2, 0) is 6.42 Å². The van der Waals surface area contributed by atoms with Gasteiger partial charge < -0.3 is 5.11 Å². The van der Waals surface area contributed by atoms with Crippen molar-refractivity contribution in [3.8, 4) is 5.75 Å². The third-order valence-electron chi connectivity index (χ3n) is 6.57. The number of nitrogens with zero attached hydrogens (tertiary/aromatic N) is 3. The molecule has 2 heterocycles. The Kier molecular flexibility index (Phi) is 5.46. The molecule has 0 spiro atoms. The summed E-state index contributed by atoms with van der Waals surface area (Å²) in [7, 11) is 0. The van der Waals surface area contributed by atoms with Crippen LogP contribution in [0.4, 0.5) is 5.69 Å². The second-order valence-electron chi connectivity index (χ2n) is 8.67. The van der Waals surface area contributed by atoms with Crippen molar-refractivity contribution in [2.75, 3.05) is 0 Å². The van der Waals surface area contributed by atoms with E-state index in [0.717, 1.165) is 39.7 Å². The molecule has 1 atom stereocenters. The van der Waals surface area contributed by atoms with E-state index in [4.69, 9.17) is 4.99 Å². The number of aryl methyl sites for hydroxylation is 1. The zero-order valence-corrected chi connectivity index (χ0v) is 21.1. The summed E-state index contributed by atoms with van der Waals surface area (Å²) in [6.45, 7) is 0. The Hall–Kier alpha value is -3.82. The van der Waals surface area contributed by atoms with Gasteiger partial charge in [-0.1, -0.05) is 63.7 Å². The number of non-ortho nitro benzene ring substituents is 1. The predicted molar refractivity (Wildman–Crippen MR) is 142 cm³/mol. The summed E-state index contributed by atoms with van der Waals surface area (Å²) in [6.07, 6.45) is 3.15.